The van der Waals surface area contributed by atoms with Gasteiger partial charge >= 0.3 is 0 Å². The van der Waals surface area contributed by atoms with Crippen LogP contribution < -0.4 is 0 Å². The first kappa shape index (κ1) is 7.10. The van der Waals surface area contributed by atoms with Crippen molar-refractivity contribution in [3.8, 4) is 0 Å². The van der Waals surface area contributed by atoms with Crippen LogP contribution in [0.25, 0.3) is 0 Å². The van der Waals surface area contributed by atoms with Gasteiger partial charge in [0.15, 0.2) is 0 Å². The van der Waals surface area contributed by atoms with E-state index in [0.29, 0.717) is 0 Å². The standard InChI is InChI=1S/C3H4S2.Pd/c1-2-5-3-4-1;/h1-2H,3H2;. The van der Waals surface area contributed by atoms with Gasteiger partial charge in [-0.15, -0.1) is 23.5 Å². The summed E-state index contributed by atoms with van der Waals surface area (Å²) in [6.07, 6.45) is 0. The first-order valence-corrected chi connectivity index (χ1v) is 3.48. The van der Waals surface area contributed by atoms with Gasteiger partial charge in [-0.05, 0) is 10.8 Å². The van der Waals surface area contributed by atoms with E-state index in [2.05, 4.69) is 10.8 Å². The summed E-state index contributed by atoms with van der Waals surface area (Å²) in [6, 6.07) is 0. The zero-order chi connectivity index (χ0) is 3.54. The smallest absolute Gasteiger partial charge is 0.0475 e. The van der Waals surface area contributed by atoms with Crippen LogP contribution in [-0.2, 0) is 20.4 Å². The van der Waals surface area contributed by atoms with Gasteiger partial charge in [0.25, 0.3) is 0 Å². The maximum absolute atomic E-state index is 2.12. The summed E-state index contributed by atoms with van der Waals surface area (Å²) in [5.41, 5.74) is 0. The van der Waals surface area contributed by atoms with Gasteiger partial charge in [0.2, 0.25) is 0 Å². The molecular formula is C3H4PdS2. The molecule has 0 saturated heterocycles. The Morgan fingerprint density at radius 3 is 1.83 bits per heavy atom. The van der Waals surface area contributed by atoms with Crippen molar-refractivity contribution in [2.75, 3.05) is 5.08 Å². The molecule has 0 aromatic heterocycles. The van der Waals surface area contributed by atoms with Gasteiger partial charge in [0.05, 0.1) is 0 Å². The maximum Gasteiger partial charge on any atom is 0.0475 e. The van der Waals surface area contributed by atoms with Crippen LogP contribution in [0.3, 0.4) is 0 Å². The van der Waals surface area contributed by atoms with Crippen molar-refractivity contribution >= 4 is 23.5 Å². The predicted molar refractivity (Wildman–Crippen MR) is 29.2 cm³/mol. The quantitative estimate of drug-likeness (QED) is 0.560. The molecular weight excluding hydrogens is 207 g/mol. The molecule has 0 saturated carbocycles. The van der Waals surface area contributed by atoms with E-state index in [1.165, 1.54) is 5.08 Å². The molecule has 0 bridgehead atoms. The fourth-order valence-corrected chi connectivity index (χ4v) is 1.77. The molecule has 0 unspecified atom stereocenters. The van der Waals surface area contributed by atoms with Gasteiger partial charge in [-0.2, -0.15) is 0 Å². The normalized spacial score (nSPS) is 17.3. The molecule has 0 N–H and O–H groups in total. The summed E-state index contributed by atoms with van der Waals surface area (Å²) in [7, 11) is 0. The molecule has 3 heteroatoms. The van der Waals surface area contributed by atoms with Gasteiger partial charge < -0.3 is 0 Å². The Balaban J connectivity index is 0.000000250. The molecule has 0 spiro atoms. The molecule has 0 atom stereocenters. The van der Waals surface area contributed by atoms with E-state index in [9.17, 15) is 0 Å². The molecule has 1 aliphatic rings. The Morgan fingerprint density at radius 2 is 1.67 bits per heavy atom. The maximum atomic E-state index is 2.12. The number of thioether (sulfide) groups is 2. The first-order chi connectivity index (χ1) is 2.50. The Hall–Kier alpha value is 1.10. The Labute approximate surface area is 59.8 Å². The van der Waals surface area contributed by atoms with Crippen molar-refractivity contribution in [2.45, 2.75) is 0 Å². The fraction of sp³-hybridized carbons (Fsp3) is 0.333. The van der Waals surface area contributed by atoms with Crippen LogP contribution in [0, 0.1) is 0 Å². The topological polar surface area (TPSA) is 0 Å². The molecule has 1 rings (SSSR count). The number of hydrogen-bond donors (Lipinski definition) is 0. The predicted octanol–water partition coefficient (Wildman–Crippen LogP) is 1.89. The van der Waals surface area contributed by atoms with Crippen LogP contribution in [-0.4, -0.2) is 5.08 Å². The molecule has 0 nitrogen and oxygen atoms in total. The van der Waals surface area contributed by atoms with Crippen LogP contribution >= 0.6 is 23.5 Å². The van der Waals surface area contributed by atoms with Crippen LogP contribution in [0.2, 0.25) is 0 Å². The molecule has 0 fully saturated rings. The number of rotatable bonds is 0. The molecule has 0 aliphatic carbocycles. The minimum atomic E-state index is 0. The third kappa shape index (κ3) is 2.31. The van der Waals surface area contributed by atoms with E-state index in [1.54, 1.807) is 0 Å². The van der Waals surface area contributed by atoms with E-state index in [0.717, 1.165) is 0 Å². The van der Waals surface area contributed by atoms with Gasteiger partial charge in [-0.3, -0.25) is 0 Å². The second kappa shape index (κ2) is 4.27. The van der Waals surface area contributed by atoms with Gasteiger partial charge in [-0.1, -0.05) is 0 Å². The minimum Gasteiger partial charge on any atom is -0.122 e. The summed E-state index contributed by atoms with van der Waals surface area (Å²) >= 11 is 3.71. The molecule has 1 heterocycles. The molecule has 38 valence electrons. The minimum absolute atomic E-state index is 0. The van der Waals surface area contributed by atoms with E-state index in [1.807, 2.05) is 23.5 Å². The van der Waals surface area contributed by atoms with Gasteiger partial charge in [-0.25, -0.2) is 0 Å². The Bertz CT molecular complexity index is 46.8. The number of hydrogen-bond acceptors (Lipinski definition) is 2. The van der Waals surface area contributed by atoms with E-state index in [4.69, 9.17) is 0 Å². The van der Waals surface area contributed by atoms with Crippen LogP contribution in [0.4, 0.5) is 0 Å². The van der Waals surface area contributed by atoms with Gasteiger partial charge in [0, 0.05) is 25.5 Å². The van der Waals surface area contributed by atoms with Crippen LogP contribution in [0.15, 0.2) is 10.8 Å². The summed E-state index contributed by atoms with van der Waals surface area (Å²) in [4.78, 5) is 0. The zero-order valence-corrected chi connectivity index (χ0v) is 6.18. The van der Waals surface area contributed by atoms with Crippen molar-refractivity contribution in [1.29, 1.82) is 0 Å². The summed E-state index contributed by atoms with van der Waals surface area (Å²) < 4.78 is 0. The molecule has 6 heavy (non-hydrogen) atoms. The van der Waals surface area contributed by atoms with E-state index >= 15 is 0 Å². The van der Waals surface area contributed by atoms with Crippen LogP contribution in [0.5, 0.6) is 0 Å². The first-order valence-electron chi connectivity index (χ1n) is 1.38. The molecule has 1 aliphatic heterocycles. The molecule has 0 aromatic carbocycles. The van der Waals surface area contributed by atoms with Crippen molar-refractivity contribution in [2.24, 2.45) is 0 Å². The Morgan fingerprint density at radius 1 is 1.17 bits per heavy atom. The second-order valence-corrected chi connectivity index (χ2v) is 2.88. The van der Waals surface area contributed by atoms with Crippen molar-refractivity contribution in [1.82, 2.24) is 0 Å². The van der Waals surface area contributed by atoms with Gasteiger partial charge in [0.1, 0.15) is 0 Å². The average Bonchev–Trinajstić information content (AvgIpc) is 1.76. The Kier molecular flexibility index (Phi) is 5.05. The monoisotopic (exact) mass is 210 g/mol. The molecule has 0 radical (unpaired) electrons. The molecule has 0 amide bonds. The van der Waals surface area contributed by atoms with Crippen molar-refractivity contribution in [3.05, 3.63) is 10.8 Å². The fourth-order valence-electron chi connectivity index (χ4n) is 0.196. The van der Waals surface area contributed by atoms with E-state index < -0.39 is 0 Å². The summed E-state index contributed by atoms with van der Waals surface area (Å²) in [5, 5.41) is 5.45. The zero-order valence-electron chi connectivity index (χ0n) is 2.99. The van der Waals surface area contributed by atoms with Crippen molar-refractivity contribution in [3.63, 3.8) is 0 Å². The summed E-state index contributed by atoms with van der Waals surface area (Å²) in [6.45, 7) is 0. The average molecular weight is 211 g/mol. The SMILES string of the molecule is C1=CSCS1.[Pd]. The second-order valence-electron chi connectivity index (χ2n) is 0.723. The van der Waals surface area contributed by atoms with Crippen molar-refractivity contribution < 1.29 is 20.4 Å². The van der Waals surface area contributed by atoms with Crippen LogP contribution in [0.1, 0.15) is 0 Å². The summed E-state index contributed by atoms with van der Waals surface area (Å²) in [5.74, 6) is 0. The third-order valence-corrected chi connectivity index (χ3v) is 2.30. The molecule has 0 aromatic rings. The largest absolute Gasteiger partial charge is 0.122 e. The third-order valence-electron chi connectivity index (χ3n) is 0.384. The van der Waals surface area contributed by atoms with E-state index in [-0.39, 0.29) is 20.4 Å².